The molecule has 0 aliphatic heterocycles. The minimum atomic E-state index is -0.432. The summed E-state index contributed by atoms with van der Waals surface area (Å²) in [6.45, 7) is 0. The number of H-pyrrole nitrogens is 1. The van der Waals surface area contributed by atoms with Gasteiger partial charge in [0.1, 0.15) is 11.6 Å². The molecule has 6 nitrogen and oxygen atoms in total. The molecule has 0 atom stereocenters. The molecule has 0 amide bonds. The molecule has 0 unspecified atom stereocenters. The van der Waals surface area contributed by atoms with E-state index in [1.54, 1.807) is 30.5 Å². The lowest BCUT2D eigenvalue weighted by molar-refractivity contribution is -0.385. The number of hydrogen-bond donors (Lipinski definition) is 1. The Balaban J connectivity index is 1.66. The molecule has 0 saturated heterocycles. The van der Waals surface area contributed by atoms with Crippen molar-refractivity contribution in [2.75, 3.05) is 0 Å². The number of ether oxygens (including phenoxy) is 1. The third-order valence-electron chi connectivity index (χ3n) is 4.78. The maximum Gasteiger partial charge on any atom is 0.311 e. The molecule has 1 saturated carbocycles. The van der Waals surface area contributed by atoms with Crippen molar-refractivity contribution in [1.29, 1.82) is 0 Å². The molecule has 6 heteroatoms. The van der Waals surface area contributed by atoms with Crippen LogP contribution in [0.4, 0.5) is 5.69 Å². The van der Waals surface area contributed by atoms with E-state index >= 15 is 0 Å². The van der Waals surface area contributed by atoms with Crippen molar-refractivity contribution in [3.05, 3.63) is 70.7 Å². The van der Waals surface area contributed by atoms with Crippen molar-refractivity contribution in [1.82, 2.24) is 9.97 Å². The summed E-state index contributed by atoms with van der Waals surface area (Å²) in [7, 11) is 0. The number of nitrogens with zero attached hydrogens (tertiary/aromatic N) is 2. The SMILES string of the molecule is O=[N+]([O-])c1ccc(-c2cnc(C3CCCC3)[nH]2)cc1Oc1ccccc1. The number of benzene rings is 2. The smallest absolute Gasteiger partial charge is 0.311 e. The molecule has 3 aromatic rings. The summed E-state index contributed by atoms with van der Waals surface area (Å²) in [6.07, 6.45) is 6.60. The summed E-state index contributed by atoms with van der Waals surface area (Å²) in [5.41, 5.74) is 1.60. The second-order valence-electron chi connectivity index (χ2n) is 6.52. The van der Waals surface area contributed by atoms with E-state index in [1.165, 1.54) is 18.9 Å². The van der Waals surface area contributed by atoms with E-state index in [0.717, 1.165) is 29.9 Å². The van der Waals surface area contributed by atoms with Crippen molar-refractivity contribution in [2.45, 2.75) is 31.6 Å². The van der Waals surface area contributed by atoms with Crippen LogP contribution in [0.15, 0.2) is 54.7 Å². The third kappa shape index (κ3) is 3.31. The summed E-state index contributed by atoms with van der Waals surface area (Å²) in [4.78, 5) is 18.8. The van der Waals surface area contributed by atoms with Gasteiger partial charge in [-0.05, 0) is 37.1 Å². The van der Waals surface area contributed by atoms with Crippen molar-refractivity contribution in [3.63, 3.8) is 0 Å². The summed E-state index contributed by atoms with van der Waals surface area (Å²) in [5, 5.41) is 11.3. The number of hydrogen-bond acceptors (Lipinski definition) is 4. The largest absolute Gasteiger partial charge is 0.450 e. The van der Waals surface area contributed by atoms with Crippen LogP contribution in [-0.4, -0.2) is 14.9 Å². The molecular formula is C20H19N3O3. The maximum atomic E-state index is 11.3. The molecule has 1 N–H and O–H groups in total. The van der Waals surface area contributed by atoms with E-state index in [2.05, 4.69) is 9.97 Å². The molecular weight excluding hydrogens is 330 g/mol. The molecule has 2 aromatic carbocycles. The Morgan fingerprint density at radius 1 is 1.12 bits per heavy atom. The molecule has 1 aliphatic carbocycles. The van der Waals surface area contributed by atoms with Gasteiger partial charge in [-0.3, -0.25) is 10.1 Å². The molecule has 26 heavy (non-hydrogen) atoms. The molecule has 0 bridgehead atoms. The van der Waals surface area contributed by atoms with Gasteiger partial charge < -0.3 is 9.72 Å². The van der Waals surface area contributed by atoms with Crippen LogP contribution < -0.4 is 4.74 Å². The monoisotopic (exact) mass is 349 g/mol. The van der Waals surface area contributed by atoms with Gasteiger partial charge in [0.25, 0.3) is 0 Å². The molecule has 1 aliphatic rings. The summed E-state index contributed by atoms with van der Waals surface area (Å²) in [6, 6.07) is 14.0. The third-order valence-corrected chi connectivity index (χ3v) is 4.78. The van der Waals surface area contributed by atoms with Gasteiger partial charge in [-0.25, -0.2) is 4.98 Å². The second-order valence-corrected chi connectivity index (χ2v) is 6.52. The molecule has 0 radical (unpaired) electrons. The van der Waals surface area contributed by atoms with Crippen LogP contribution in [0.3, 0.4) is 0 Å². The van der Waals surface area contributed by atoms with Crippen LogP contribution >= 0.6 is 0 Å². The van der Waals surface area contributed by atoms with Crippen LogP contribution in [0.5, 0.6) is 11.5 Å². The molecule has 4 rings (SSSR count). The highest BCUT2D eigenvalue weighted by molar-refractivity contribution is 5.65. The lowest BCUT2D eigenvalue weighted by Gasteiger charge is -2.08. The number of para-hydroxylation sites is 1. The van der Waals surface area contributed by atoms with Crippen LogP contribution in [0.1, 0.15) is 37.4 Å². The number of nitrogens with one attached hydrogen (secondary N) is 1. The highest BCUT2D eigenvalue weighted by Crippen LogP contribution is 2.37. The average molecular weight is 349 g/mol. The Labute approximate surface area is 151 Å². The number of nitro benzene ring substituents is 1. The highest BCUT2D eigenvalue weighted by Gasteiger charge is 2.21. The summed E-state index contributed by atoms with van der Waals surface area (Å²) in [5.74, 6) is 2.27. The Hall–Kier alpha value is -3.15. The highest BCUT2D eigenvalue weighted by atomic mass is 16.6. The Morgan fingerprint density at radius 2 is 1.88 bits per heavy atom. The van der Waals surface area contributed by atoms with Gasteiger partial charge in [0, 0.05) is 17.5 Å². The zero-order valence-corrected chi connectivity index (χ0v) is 14.2. The zero-order chi connectivity index (χ0) is 17.9. The quantitative estimate of drug-likeness (QED) is 0.491. The molecule has 1 fully saturated rings. The van der Waals surface area contributed by atoms with Crippen LogP contribution in [0.25, 0.3) is 11.3 Å². The van der Waals surface area contributed by atoms with Crippen molar-refractivity contribution in [3.8, 4) is 22.8 Å². The number of rotatable bonds is 5. The predicted molar refractivity (Wildman–Crippen MR) is 98.4 cm³/mol. The Kier molecular flexibility index (Phi) is 4.39. The Morgan fingerprint density at radius 3 is 2.62 bits per heavy atom. The number of aromatic amines is 1. The van der Waals surface area contributed by atoms with Gasteiger partial charge >= 0.3 is 5.69 Å². The van der Waals surface area contributed by atoms with Gasteiger partial charge in [-0.2, -0.15) is 0 Å². The minimum Gasteiger partial charge on any atom is -0.450 e. The predicted octanol–water partition coefficient (Wildman–Crippen LogP) is 5.43. The number of imidazole rings is 1. The normalized spacial score (nSPS) is 14.5. The maximum absolute atomic E-state index is 11.3. The fourth-order valence-electron chi connectivity index (χ4n) is 3.42. The first kappa shape index (κ1) is 16.3. The van der Waals surface area contributed by atoms with E-state index in [-0.39, 0.29) is 11.4 Å². The number of nitro groups is 1. The minimum absolute atomic E-state index is 0.0619. The van der Waals surface area contributed by atoms with E-state index < -0.39 is 4.92 Å². The van der Waals surface area contributed by atoms with Crippen molar-refractivity contribution < 1.29 is 9.66 Å². The topological polar surface area (TPSA) is 81.0 Å². The molecule has 1 heterocycles. The van der Waals surface area contributed by atoms with Gasteiger partial charge in [0.15, 0.2) is 0 Å². The summed E-state index contributed by atoms with van der Waals surface area (Å²) < 4.78 is 5.76. The van der Waals surface area contributed by atoms with E-state index in [9.17, 15) is 10.1 Å². The fourth-order valence-corrected chi connectivity index (χ4v) is 3.42. The molecule has 132 valence electrons. The van der Waals surface area contributed by atoms with Crippen LogP contribution in [-0.2, 0) is 0 Å². The van der Waals surface area contributed by atoms with Gasteiger partial charge in [-0.1, -0.05) is 31.0 Å². The number of aromatic nitrogens is 2. The van der Waals surface area contributed by atoms with Gasteiger partial charge in [0.05, 0.1) is 16.8 Å². The first-order valence-electron chi connectivity index (χ1n) is 8.77. The van der Waals surface area contributed by atoms with Gasteiger partial charge in [0.2, 0.25) is 5.75 Å². The first-order chi connectivity index (χ1) is 12.7. The second kappa shape index (κ2) is 7.00. The van der Waals surface area contributed by atoms with E-state index in [4.69, 9.17) is 4.74 Å². The zero-order valence-electron chi connectivity index (χ0n) is 14.2. The lowest BCUT2D eigenvalue weighted by Crippen LogP contribution is -1.95. The summed E-state index contributed by atoms with van der Waals surface area (Å²) >= 11 is 0. The van der Waals surface area contributed by atoms with Crippen molar-refractivity contribution in [2.24, 2.45) is 0 Å². The molecule has 0 spiro atoms. The van der Waals surface area contributed by atoms with Crippen LogP contribution in [0.2, 0.25) is 0 Å². The first-order valence-corrected chi connectivity index (χ1v) is 8.77. The Bertz CT molecular complexity index is 915. The van der Waals surface area contributed by atoms with Crippen molar-refractivity contribution >= 4 is 5.69 Å². The van der Waals surface area contributed by atoms with E-state index in [0.29, 0.717) is 11.7 Å². The average Bonchev–Trinajstić information content (AvgIpc) is 3.34. The standard InChI is InChI=1S/C20H19N3O3/c24-23(25)18-11-10-15(12-19(18)26-16-8-2-1-3-9-16)17-13-21-20(22-17)14-6-4-5-7-14/h1-3,8-14H,4-7H2,(H,21,22). The fraction of sp³-hybridized carbons (Fsp3) is 0.250. The van der Waals surface area contributed by atoms with Crippen LogP contribution in [0, 0.1) is 10.1 Å². The lowest BCUT2D eigenvalue weighted by atomic mass is 10.1. The van der Waals surface area contributed by atoms with Gasteiger partial charge in [-0.15, -0.1) is 0 Å². The van der Waals surface area contributed by atoms with E-state index in [1.807, 2.05) is 18.2 Å². The molecule has 1 aromatic heterocycles.